The molecule has 0 spiro atoms. The van der Waals surface area contributed by atoms with Gasteiger partial charge in [-0.05, 0) is 35.0 Å². The third kappa shape index (κ3) is 2.37. The van der Waals surface area contributed by atoms with Gasteiger partial charge in [0.2, 0.25) is 0 Å². The first-order valence-electron chi connectivity index (χ1n) is 6.48. The third-order valence-corrected chi connectivity index (χ3v) is 4.09. The number of ketones is 1. The predicted molar refractivity (Wildman–Crippen MR) is 80.5 cm³/mol. The van der Waals surface area contributed by atoms with Crippen LogP contribution in [-0.4, -0.2) is 23.4 Å². The Labute approximate surface area is 120 Å². The molecular weight excluding hydrogens is 304 g/mol. The SMILES string of the molecule is CC1CC(=O)CCN1c1cccc2cc(Br)cnc12. The Morgan fingerprint density at radius 3 is 3.05 bits per heavy atom. The van der Waals surface area contributed by atoms with Gasteiger partial charge in [0.1, 0.15) is 5.78 Å². The Morgan fingerprint density at radius 2 is 2.26 bits per heavy atom. The van der Waals surface area contributed by atoms with Crippen molar-refractivity contribution in [1.82, 2.24) is 4.98 Å². The van der Waals surface area contributed by atoms with Crippen molar-refractivity contribution in [3.8, 4) is 0 Å². The van der Waals surface area contributed by atoms with Crippen molar-refractivity contribution in [2.75, 3.05) is 11.4 Å². The van der Waals surface area contributed by atoms with E-state index in [0.717, 1.165) is 27.6 Å². The summed E-state index contributed by atoms with van der Waals surface area (Å²) in [6.07, 6.45) is 3.09. The van der Waals surface area contributed by atoms with Crippen LogP contribution in [0.25, 0.3) is 10.9 Å². The summed E-state index contributed by atoms with van der Waals surface area (Å²) in [6.45, 7) is 2.89. The number of hydrogen-bond acceptors (Lipinski definition) is 3. The molecule has 1 atom stereocenters. The first-order chi connectivity index (χ1) is 9.15. The van der Waals surface area contributed by atoms with Crippen LogP contribution >= 0.6 is 15.9 Å². The zero-order chi connectivity index (χ0) is 13.4. The highest BCUT2D eigenvalue weighted by atomic mass is 79.9. The highest BCUT2D eigenvalue weighted by Crippen LogP contribution is 2.30. The normalized spacial score (nSPS) is 20.0. The van der Waals surface area contributed by atoms with Crippen LogP contribution in [-0.2, 0) is 4.79 Å². The van der Waals surface area contributed by atoms with Gasteiger partial charge in [-0.25, -0.2) is 0 Å². The zero-order valence-corrected chi connectivity index (χ0v) is 12.4. The van der Waals surface area contributed by atoms with Crippen molar-refractivity contribution in [3.63, 3.8) is 0 Å². The first kappa shape index (κ1) is 12.6. The molecule has 1 aromatic carbocycles. The molecule has 2 heterocycles. The molecule has 0 aliphatic carbocycles. The van der Waals surface area contributed by atoms with Crippen molar-refractivity contribution in [1.29, 1.82) is 0 Å². The summed E-state index contributed by atoms with van der Waals surface area (Å²) in [4.78, 5) is 18.3. The standard InChI is InChI=1S/C15H15BrN2O/c1-10-7-13(19)5-6-18(10)14-4-2-3-11-8-12(16)9-17-15(11)14/h2-4,8-10H,5-7H2,1H3. The molecule has 1 saturated heterocycles. The molecule has 1 aliphatic rings. The number of piperidine rings is 1. The molecule has 1 aromatic heterocycles. The summed E-state index contributed by atoms with van der Waals surface area (Å²) < 4.78 is 0.985. The van der Waals surface area contributed by atoms with E-state index >= 15 is 0 Å². The van der Waals surface area contributed by atoms with Gasteiger partial charge in [-0.15, -0.1) is 0 Å². The van der Waals surface area contributed by atoms with Crippen LogP contribution in [0.15, 0.2) is 34.9 Å². The van der Waals surface area contributed by atoms with E-state index in [4.69, 9.17) is 0 Å². The maximum Gasteiger partial charge on any atom is 0.136 e. The van der Waals surface area contributed by atoms with Gasteiger partial charge in [0.25, 0.3) is 0 Å². The van der Waals surface area contributed by atoms with E-state index in [1.807, 2.05) is 6.20 Å². The van der Waals surface area contributed by atoms with Gasteiger partial charge >= 0.3 is 0 Å². The second kappa shape index (κ2) is 4.93. The number of halogens is 1. The smallest absolute Gasteiger partial charge is 0.136 e. The van der Waals surface area contributed by atoms with Crippen LogP contribution in [0.5, 0.6) is 0 Å². The topological polar surface area (TPSA) is 33.2 Å². The number of nitrogens with zero attached hydrogens (tertiary/aromatic N) is 2. The Hall–Kier alpha value is -1.42. The summed E-state index contributed by atoms with van der Waals surface area (Å²) in [5.74, 6) is 0.361. The monoisotopic (exact) mass is 318 g/mol. The largest absolute Gasteiger partial charge is 0.366 e. The van der Waals surface area contributed by atoms with E-state index in [9.17, 15) is 4.79 Å². The fourth-order valence-electron chi connectivity index (χ4n) is 2.71. The number of pyridine rings is 1. The van der Waals surface area contributed by atoms with E-state index in [1.54, 1.807) is 0 Å². The molecule has 0 N–H and O–H groups in total. The average molecular weight is 319 g/mol. The van der Waals surface area contributed by atoms with E-state index in [1.165, 1.54) is 0 Å². The second-order valence-electron chi connectivity index (χ2n) is 5.04. The summed E-state index contributed by atoms with van der Waals surface area (Å²) >= 11 is 3.45. The molecule has 98 valence electrons. The summed E-state index contributed by atoms with van der Waals surface area (Å²) in [5, 5.41) is 1.12. The Morgan fingerprint density at radius 1 is 1.42 bits per heavy atom. The molecule has 0 amide bonds. The molecular formula is C15H15BrN2O. The fourth-order valence-corrected chi connectivity index (χ4v) is 3.06. The highest BCUT2D eigenvalue weighted by Gasteiger charge is 2.24. The van der Waals surface area contributed by atoms with E-state index < -0.39 is 0 Å². The minimum atomic E-state index is 0.247. The Bertz CT molecular complexity index is 641. The minimum Gasteiger partial charge on any atom is -0.366 e. The molecule has 2 aromatic rings. The molecule has 4 heteroatoms. The lowest BCUT2D eigenvalue weighted by Gasteiger charge is -2.35. The van der Waals surface area contributed by atoms with Gasteiger partial charge < -0.3 is 4.90 Å². The number of para-hydroxylation sites is 1. The predicted octanol–water partition coefficient (Wildman–Crippen LogP) is 3.56. The van der Waals surface area contributed by atoms with Crippen LogP contribution in [0.1, 0.15) is 19.8 Å². The Balaban J connectivity index is 2.07. The maximum absolute atomic E-state index is 11.5. The molecule has 19 heavy (non-hydrogen) atoms. The van der Waals surface area contributed by atoms with Gasteiger partial charge in [0.15, 0.2) is 0 Å². The number of fused-ring (bicyclic) bond motifs is 1. The van der Waals surface area contributed by atoms with Gasteiger partial charge in [-0.2, -0.15) is 0 Å². The molecule has 1 aliphatic heterocycles. The van der Waals surface area contributed by atoms with Crippen LogP contribution < -0.4 is 4.90 Å². The third-order valence-electron chi connectivity index (χ3n) is 3.65. The zero-order valence-electron chi connectivity index (χ0n) is 10.8. The molecule has 0 saturated carbocycles. The van der Waals surface area contributed by atoms with Crippen molar-refractivity contribution in [2.45, 2.75) is 25.8 Å². The van der Waals surface area contributed by atoms with Gasteiger partial charge in [-0.1, -0.05) is 12.1 Å². The number of hydrogen-bond donors (Lipinski definition) is 0. The van der Waals surface area contributed by atoms with Gasteiger partial charge in [0, 0.05) is 41.5 Å². The van der Waals surface area contributed by atoms with E-state index in [0.29, 0.717) is 18.6 Å². The van der Waals surface area contributed by atoms with E-state index in [2.05, 4.69) is 57.0 Å². The molecule has 3 nitrogen and oxygen atoms in total. The maximum atomic E-state index is 11.5. The van der Waals surface area contributed by atoms with Crippen LogP contribution in [0.3, 0.4) is 0 Å². The van der Waals surface area contributed by atoms with Crippen molar-refractivity contribution >= 4 is 38.3 Å². The van der Waals surface area contributed by atoms with Crippen LogP contribution in [0, 0.1) is 0 Å². The first-order valence-corrected chi connectivity index (χ1v) is 7.27. The molecule has 3 rings (SSSR count). The molecule has 1 unspecified atom stereocenters. The van der Waals surface area contributed by atoms with Crippen molar-refractivity contribution in [2.24, 2.45) is 0 Å². The highest BCUT2D eigenvalue weighted by molar-refractivity contribution is 9.10. The number of carbonyl (C=O) groups is 1. The summed E-state index contributed by atoms with van der Waals surface area (Å²) in [6, 6.07) is 8.53. The van der Waals surface area contributed by atoms with Gasteiger partial charge in [0.05, 0.1) is 11.2 Å². The molecule has 0 bridgehead atoms. The fraction of sp³-hybridized carbons (Fsp3) is 0.333. The number of rotatable bonds is 1. The van der Waals surface area contributed by atoms with E-state index in [-0.39, 0.29) is 6.04 Å². The number of aromatic nitrogens is 1. The lowest BCUT2D eigenvalue weighted by molar-refractivity contribution is -0.120. The quantitative estimate of drug-likeness (QED) is 0.806. The second-order valence-corrected chi connectivity index (χ2v) is 5.95. The lowest BCUT2D eigenvalue weighted by Crippen LogP contribution is -2.41. The van der Waals surface area contributed by atoms with Crippen LogP contribution in [0.4, 0.5) is 5.69 Å². The average Bonchev–Trinajstić information content (AvgIpc) is 2.38. The van der Waals surface area contributed by atoms with Crippen molar-refractivity contribution < 1.29 is 4.79 Å². The lowest BCUT2D eigenvalue weighted by atomic mass is 10.0. The number of benzene rings is 1. The Kier molecular flexibility index (Phi) is 3.27. The minimum absolute atomic E-state index is 0.247. The summed E-state index contributed by atoms with van der Waals surface area (Å²) in [7, 11) is 0. The molecule has 0 radical (unpaired) electrons. The molecule has 1 fully saturated rings. The van der Waals surface area contributed by atoms with Gasteiger partial charge in [-0.3, -0.25) is 9.78 Å². The number of anilines is 1. The van der Waals surface area contributed by atoms with Crippen LogP contribution in [0.2, 0.25) is 0 Å². The number of Topliss-reactive ketones (excluding diaryl/α,β-unsaturated/α-hetero) is 1. The van der Waals surface area contributed by atoms with Crippen molar-refractivity contribution in [3.05, 3.63) is 34.9 Å². The number of carbonyl (C=O) groups excluding carboxylic acids is 1. The summed E-state index contributed by atoms with van der Waals surface area (Å²) in [5.41, 5.74) is 2.14.